The number of nitrogens with one attached hydrogen (secondary N) is 1. The number of aliphatic hydroxyl groups excluding tert-OH is 1. The number of unbranched alkanes of at least 4 members (excludes halogenated alkanes) is 2. The van der Waals surface area contributed by atoms with E-state index in [-0.39, 0.29) is 23.1 Å². The first-order valence-corrected chi connectivity index (χ1v) is 13.7. The number of benzene rings is 1. The van der Waals surface area contributed by atoms with Gasteiger partial charge in [0, 0.05) is 25.3 Å². The van der Waals surface area contributed by atoms with Gasteiger partial charge >= 0.3 is 6.18 Å². The van der Waals surface area contributed by atoms with Gasteiger partial charge in [-0.15, -0.1) is 0 Å². The van der Waals surface area contributed by atoms with Gasteiger partial charge in [-0.2, -0.15) is 21.6 Å². The summed E-state index contributed by atoms with van der Waals surface area (Å²) in [6.07, 6.45) is -0.383. The maximum atomic E-state index is 13.9. The summed E-state index contributed by atoms with van der Waals surface area (Å²) < 4.78 is 70.3. The Balaban J connectivity index is 1.78. The Morgan fingerprint density at radius 3 is 2.54 bits per heavy atom. The minimum atomic E-state index is -4.66. The number of rotatable bonds is 5. The number of nitrogens with zero attached hydrogens (tertiary/aromatic N) is 3. The first-order valence-electron chi connectivity index (χ1n) is 12.2. The molecule has 0 saturated heterocycles. The second-order valence-electron chi connectivity index (χ2n) is 8.92. The highest BCUT2D eigenvalue weighted by Gasteiger charge is 2.35. The molecule has 2 aromatic heterocycles. The monoisotopic (exact) mass is 534 g/mol. The third kappa shape index (κ3) is 6.58. The Morgan fingerprint density at radius 1 is 0.946 bits per heavy atom. The summed E-state index contributed by atoms with van der Waals surface area (Å²) >= 11 is 0. The average molecular weight is 535 g/mol. The Labute approximate surface area is 214 Å². The van der Waals surface area contributed by atoms with Crippen LogP contribution in [0.25, 0.3) is 11.3 Å². The van der Waals surface area contributed by atoms with Crippen molar-refractivity contribution in [1.29, 1.82) is 0 Å². The molecule has 0 radical (unpaired) electrons. The SMILES string of the molecule is O=S1(=O)Nc2ccc(C(F)(F)F)c(n2)-c2ccccc2CCCCN(CCCCCO)c2cccc1n2. The fraction of sp³-hybridized carbons (Fsp3) is 0.385. The number of sulfonamides is 1. The zero-order valence-corrected chi connectivity index (χ0v) is 21.0. The van der Waals surface area contributed by atoms with E-state index >= 15 is 0 Å². The molecule has 3 aromatic rings. The number of fused-ring (bicyclic) bond motifs is 6. The molecule has 1 aromatic carbocycles. The van der Waals surface area contributed by atoms with E-state index in [2.05, 4.69) is 14.7 Å². The minimum absolute atomic E-state index is 0.113. The number of alkyl halides is 3. The van der Waals surface area contributed by atoms with Crippen molar-refractivity contribution in [3.05, 3.63) is 65.7 Å². The largest absolute Gasteiger partial charge is 0.418 e. The summed E-state index contributed by atoms with van der Waals surface area (Å²) in [6, 6.07) is 13.3. The van der Waals surface area contributed by atoms with Gasteiger partial charge in [-0.25, -0.2) is 9.97 Å². The molecule has 0 amide bonds. The van der Waals surface area contributed by atoms with Crippen LogP contribution >= 0.6 is 0 Å². The molecule has 4 rings (SSSR count). The van der Waals surface area contributed by atoms with E-state index in [9.17, 15) is 21.6 Å². The molecule has 0 aliphatic carbocycles. The number of hydrogen-bond donors (Lipinski definition) is 2. The van der Waals surface area contributed by atoms with Crippen molar-refractivity contribution in [2.24, 2.45) is 0 Å². The van der Waals surface area contributed by atoms with Gasteiger partial charge in [0.2, 0.25) is 0 Å². The molecule has 0 fully saturated rings. The van der Waals surface area contributed by atoms with Crippen molar-refractivity contribution in [3.63, 3.8) is 0 Å². The van der Waals surface area contributed by atoms with Crippen LogP contribution in [-0.2, 0) is 22.6 Å². The van der Waals surface area contributed by atoms with Crippen molar-refractivity contribution >= 4 is 21.7 Å². The number of aliphatic hydroxyl groups is 1. The van der Waals surface area contributed by atoms with Gasteiger partial charge in [0.25, 0.3) is 10.0 Å². The van der Waals surface area contributed by atoms with Gasteiger partial charge < -0.3 is 10.0 Å². The van der Waals surface area contributed by atoms with Crippen LogP contribution in [0.2, 0.25) is 0 Å². The van der Waals surface area contributed by atoms with Crippen molar-refractivity contribution in [1.82, 2.24) is 9.97 Å². The minimum Gasteiger partial charge on any atom is -0.396 e. The lowest BCUT2D eigenvalue weighted by molar-refractivity contribution is -0.137. The standard InChI is InChI=1S/C26H29F3N4O3S/c27-26(28,29)21-14-15-22-30-25(21)20-11-3-2-9-19(20)10-4-6-17-33(16-5-1-7-18-34)23-12-8-13-24(31-23)37(35,36)32-22/h2-3,8-9,11-15,34H,1,4-7,10,16-18H2,(H,30,32). The van der Waals surface area contributed by atoms with Crippen LogP contribution in [-0.4, -0.2) is 43.2 Å². The lowest BCUT2D eigenvalue weighted by atomic mass is 9.96. The van der Waals surface area contributed by atoms with Crippen LogP contribution in [0, 0.1) is 0 Å². The van der Waals surface area contributed by atoms with Gasteiger partial charge in [-0.1, -0.05) is 30.3 Å². The Morgan fingerprint density at radius 2 is 1.76 bits per heavy atom. The van der Waals surface area contributed by atoms with Crippen LogP contribution in [0.4, 0.5) is 24.8 Å². The van der Waals surface area contributed by atoms with E-state index < -0.39 is 21.8 Å². The fourth-order valence-corrected chi connectivity index (χ4v) is 5.35. The summed E-state index contributed by atoms with van der Waals surface area (Å²) in [6.45, 7) is 1.35. The number of aryl methyl sites for hydroxylation is 1. The highest BCUT2D eigenvalue weighted by atomic mass is 32.2. The molecule has 2 N–H and O–H groups in total. The van der Waals surface area contributed by atoms with Crippen LogP contribution in [0.5, 0.6) is 0 Å². The third-order valence-electron chi connectivity index (χ3n) is 6.23. The van der Waals surface area contributed by atoms with Crippen molar-refractivity contribution in [2.45, 2.75) is 49.7 Å². The predicted octanol–water partition coefficient (Wildman–Crippen LogP) is 5.27. The normalized spacial score (nSPS) is 15.7. The van der Waals surface area contributed by atoms with Gasteiger partial charge in [-0.3, -0.25) is 4.72 Å². The van der Waals surface area contributed by atoms with E-state index in [1.807, 2.05) is 4.90 Å². The zero-order valence-electron chi connectivity index (χ0n) is 20.2. The summed E-state index contributed by atoms with van der Waals surface area (Å²) in [5.41, 5.74) is -0.208. The van der Waals surface area contributed by atoms with E-state index in [0.29, 0.717) is 49.3 Å². The van der Waals surface area contributed by atoms with Crippen LogP contribution in [0.15, 0.2) is 59.6 Å². The van der Waals surface area contributed by atoms with Crippen molar-refractivity contribution in [2.75, 3.05) is 29.3 Å². The fourth-order valence-electron chi connectivity index (χ4n) is 4.39. The molecule has 37 heavy (non-hydrogen) atoms. The smallest absolute Gasteiger partial charge is 0.396 e. The number of hydrogen-bond acceptors (Lipinski definition) is 6. The predicted molar refractivity (Wildman–Crippen MR) is 136 cm³/mol. The maximum Gasteiger partial charge on any atom is 0.418 e. The molecule has 1 aliphatic rings. The molecular formula is C26H29F3N4O3S. The highest BCUT2D eigenvalue weighted by molar-refractivity contribution is 7.92. The van der Waals surface area contributed by atoms with Gasteiger partial charge in [0.1, 0.15) is 11.6 Å². The molecule has 3 heterocycles. The van der Waals surface area contributed by atoms with E-state index in [4.69, 9.17) is 5.11 Å². The molecule has 0 unspecified atom stereocenters. The van der Waals surface area contributed by atoms with Gasteiger partial charge in [0.05, 0.1) is 11.3 Å². The summed E-state index contributed by atoms with van der Waals surface area (Å²) in [5, 5.41) is 8.83. The van der Waals surface area contributed by atoms with Gasteiger partial charge in [-0.05, 0) is 68.4 Å². The van der Waals surface area contributed by atoms with Crippen LogP contribution in [0.3, 0.4) is 0 Å². The molecule has 1 aliphatic heterocycles. The average Bonchev–Trinajstić information content (AvgIpc) is 2.87. The Hall–Kier alpha value is -3.18. The quantitative estimate of drug-likeness (QED) is 0.433. The third-order valence-corrected chi connectivity index (χ3v) is 7.49. The molecule has 0 saturated carbocycles. The molecule has 0 spiro atoms. The number of aromatic nitrogens is 2. The number of pyridine rings is 2. The Bertz CT molecular complexity index is 1330. The lowest BCUT2D eigenvalue weighted by Crippen LogP contribution is -2.27. The highest BCUT2D eigenvalue weighted by Crippen LogP contribution is 2.38. The first kappa shape index (κ1) is 26.9. The second-order valence-corrected chi connectivity index (χ2v) is 10.5. The van der Waals surface area contributed by atoms with E-state index in [1.54, 1.807) is 36.4 Å². The number of halogens is 3. The molecule has 0 atom stereocenters. The lowest BCUT2D eigenvalue weighted by Gasteiger charge is -2.24. The number of anilines is 2. The molecule has 11 heteroatoms. The molecule has 4 bridgehead atoms. The second kappa shape index (κ2) is 11.5. The van der Waals surface area contributed by atoms with E-state index in [0.717, 1.165) is 31.4 Å². The van der Waals surface area contributed by atoms with Crippen molar-refractivity contribution in [3.8, 4) is 11.3 Å². The topological polar surface area (TPSA) is 95.4 Å². The first-order chi connectivity index (χ1) is 17.7. The summed E-state index contributed by atoms with van der Waals surface area (Å²) in [5.74, 6) is 0.281. The zero-order chi connectivity index (χ0) is 26.5. The maximum absolute atomic E-state index is 13.9. The van der Waals surface area contributed by atoms with Crippen LogP contribution in [0.1, 0.15) is 43.2 Å². The molecular weight excluding hydrogens is 505 g/mol. The van der Waals surface area contributed by atoms with Gasteiger partial charge in [0.15, 0.2) is 5.03 Å². The molecule has 198 valence electrons. The Kier molecular flexibility index (Phi) is 8.33. The molecule has 7 nitrogen and oxygen atoms in total. The van der Waals surface area contributed by atoms with Crippen molar-refractivity contribution < 1.29 is 26.7 Å². The van der Waals surface area contributed by atoms with E-state index in [1.165, 1.54) is 6.07 Å². The summed E-state index contributed by atoms with van der Waals surface area (Å²) in [7, 11) is -4.22. The van der Waals surface area contributed by atoms with Crippen LogP contribution < -0.4 is 9.62 Å². The summed E-state index contributed by atoms with van der Waals surface area (Å²) in [4.78, 5) is 10.5.